The Bertz CT molecular complexity index is 275. The first-order valence-corrected chi connectivity index (χ1v) is 5.11. The maximum atomic E-state index is 12.3. The van der Waals surface area contributed by atoms with Crippen LogP contribution >= 0.6 is 34.2 Å². The van der Waals surface area contributed by atoms with E-state index in [0.717, 1.165) is 9.13 Å². The SMILES string of the molecule is CC(CF)c1ccc(I)c(Cl)c1. The number of benzene rings is 1. The number of hydrogen-bond donors (Lipinski definition) is 0. The van der Waals surface area contributed by atoms with Gasteiger partial charge in [-0.3, -0.25) is 4.39 Å². The van der Waals surface area contributed by atoms with E-state index in [2.05, 4.69) is 22.6 Å². The van der Waals surface area contributed by atoms with Gasteiger partial charge < -0.3 is 0 Å². The Morgan fingerprint density at radius 2 is 2.25 bits per heavy atom. The van der Waals surface area contributed by atoms with E-state index in [1.807, 2.05) is 25.1 Å². The van der Waals surface area contributed by atoms with Gasteiger partial charge in [-0.1, -0.05) is 24.6 Å². The highest BCUT2D eigenvalue weighted by Crippen LogP contribution is 2.24. The minimum absolute atomic E-state index is 0.0560. The van der Waals surface area contributed by atoms with Crippen LogP contribution in [0.5, 0.6) is 0 Å². The molecule has 0 radical (unpaired) electrons. The number of rotatable bonds is 2. The van der Waals surface area contributed by atoms with Gasteiger partial charge in [0.15, 0.2) is 0 Å². The molecular weight excluding hydrogens is 289 g/mol. The van der Waals surface area contributed by atoms with Crippen molar-refractivity contribution >= 4 is 34.2 Å². The summed E-state index contributed by atoms with van der Waals surface area (Å²) in [6.45, 7) is 1.51. The predicted octanol–water partition coefficient (Wildman–Crippen LogP) is 4.02. The highest BCUT2D eigenvalue weighted by atomic mass is 127. The van der Waals surface area contributed by atoms with Gasteiger partial charge in [-0.15, -0.1) is 0 Å². The molecular formula is C9H9ClFI. The van der Waals surface area contributed by atoms with E-state index >= 15 is 0 Å². The van der Waals surface area contributed by atoms with Crippen LogP contribution in [0.15, 0.2) is 18.2 Å². The molecule has 0 fully saturated rings. The van der Waals surface area contributed by atoms with Gasteiger partial charge in [0.05, 0.1) is 11.7 Å². The highest BCUT2D eigenvalue weighted by molar-refractivity contribution is 14.1. The van der Waals surface area contributed by atoms with Crippen LogP contribution in [0.4, 0.5) is 4.39 Å². The molecule has 0 aromatic heterocycles. The van der Waals surface area contributed by atoms with Gasteiger partial charge in [0.2, 0.25) is 0 Å². The third kappa shape index (κ3) is 2.33. The van der Waals surface area contributed by atoms with Gasteiger partial charge in [0.25, 0.3) is 0 Å². The van der Waals surface area contributed by atoms with Crippen molar-refractivity contribution in [1.29, 1.82) is 0 Å². The molecule has 0 amide bonds. The zero-order valence-electron chi connectivity index (χ0n) is 6.65. The third-order valence-electron chi connectivity index (χ3n) is 1.74. The van der Waals surface area contributed by atoms with Crippen molar-refractivity contribution < 1.29 is 4.39 Å². The zero-order valence-corrected chi connectivity index (χ0v) is 9.56. The van der Waals surface area contributed by atoms with E-state index in [1.165, 1.54) is 0 Å². The Hall–Kier alpha value is 0.170. The summed E-state index contributed by atoms with van der Waals surface area (Å²) < 4.78 is 13.3. The van der Waals surface area contributed by atoms with Crippen LogP contribution in [0.25, 0.3) is 0 Å². The fourth-order valence-electron chi connectivity index (χ4n) is 0.908. The Kier molecular flexibility index (Phi) is 3.77. The van der Waals surface area contributed by atoms with Crippen molar-refractivity contribution in [3.05, 3.63) is 32.4 Å². The van der Waals surface area contributed by atoms with Gasteiger partial charge in [0, 0.05) is 9.49 Å². The van der Waals surface area contributed by atoms with Crippen molar-refractivity contribution in [2.24, 2.45) is 0 Å². The van der Waals surface area contributed by atoms with Gasteiger partial charge in [-0.2, -0.15) is 0 Å². The lowest BCUT2D eigenvalue weighted by atomic mass is 10.0. The number of alkyl halides is 1. The summed E-state index contributed by atoms with van der Waals surface area (Å²) in [6.07, 6.45) is 0. The quantitative estimate of drug-likeness (QED) is 0.724. The largest absolute Gasteiger partial charge is 0.250 e. The van der Waals surface area contributed by atoms with Crippen LogP contribution in [-0.4, -0.2) is 6.67 Å². The first-order chi connectivity index (χ1) is 5.65. The first kappa shape index (κ1) is 10.3. The summed E-state index contributed by atoms with van der Waals surface area (Å²) >= 11 is 8.04. The molecule has 1 aromatic carbocycles. The second-order valence-corrected chi connectivity index (χ2v) is 4.30. The van der Waals surface area contributed by atoms with E-state index in [0.29, 0.717) is 5.02 Å². The molecule has 0 saturated carbocycles. The van der Waals surface area contributed by atoms with Gasteiger partial charge in [-0.05, 0) is 40.3 Å². The molecule has 0 nitrogen and oxygen atoms in total. The van der Waals surface area contributed by atoms with E-state index < -0.39 is 0 Å². The first-order valence-electron chi connectivity index (χ1n) is 3.66. The molecule has 0 spiro atoms. The molecule has 0 aliphatic carbocycles. The van der Waals surface area contributed by atoms with Crippen LogP contribution in [-0.2, 0) is 0 Å². The minimum atomic E-state index is -0.336. The predicted molar refractivity (Wildman–Crippen MR) is 58.6 cm³/mol. The van der Waals surface area contributed by atoms with Gasteiger partial charge in [0.1, 0.15) is 0 Å². The molecule has 0 aliphatic heterocycles. The Balaban J connectivity index is 2.96. The van der Waals surface area contributed by atoms with E-state index in [4.69, 9.17) is 11.6 Å². The van der Waals surface area contributed by atoms with Crippen LogP contribution in [0, 0.1) is 3.57 Å². The lowest BCUT2D eigenvalue weighted by Gasteiger charge is -2.07. The molecule has 0 N–H and O–H groups in total. The molecule has 0 aliphatic rings. The number of hydrogen-bond acceptors (Lipinski definition) is 0. The molecule has 3 heteroatoms. The summed E-state index contributed by atoms with van der Waals surface area (Å²) in [5.74, 6) is -0.0560. The summed E-state index contributed by atoms with van der Waals surface area (Å²) in [5.41, 5.74) is 0.961. The lowest BCUT2D eigenvalue weighted by Crippen LogP contribution is -1.95. The average molecular weight is 299 g/mol. The second-order valence-electron chi connectivity index (χ2n) is 2.73. The molecule has 1 rings (SSSR count). The standard InChI is InChI=1S/C9H9ClFI/c1-6(5-11)7-2-3-9(12)8(10)4-7/h2-4,6H,5H2,1H3. The summed E-state index contributed by atoms with van der Waals surface area (Å²) in [5, 5.41) is 0.702. The summed E-state index contributed by atoms with van der Waals surface area (Å²) in [6, 6.07) is 5.65. The van der Waals surface area contributed by atoms with Gasteiger partial charge >= 0.3 is 0 Å². The topological polar surface area (TPSA) is 0 Å². The van der Waals surface area contributed by atoms with E-state index in [1.54, 1.807) is 0 Å². The molecule has 0 bridgehead atoms. The van der Waals surface area contributed by atoms with Crippen LogP contribution < -0.4 is 0 Å². The second kappa shape index (κ2) is 4.42. The van der Waals surface area contributed by atoms with Crippen LogP contribution in [0.2, 0.25) is 5.02 Å². The average Bonchev–Trinajstić information content (AvgIpc) is 2.08. The fourth-order valence-corrected chi connectivity index (χ4v) is 1.43. The molecule has 12 heavy (non-hydrogen) atoms. The maximum Gasteiger partial charge on any atom is 0.0960 e. The molecule has 66 valence electrons. The van der Waals surface area contributed by atoms with Gasteiger partial charge in [-0.25, -0.2) is 0 Å². The van der Waals surface area contributed by atoms with E-state index in [-0.39, 0.29) is 12.6 Å². The molecule has 1 unspecified atom stereocenters. The lowest BCUT2D eigenvalue weighted by molar-refractivity contribution is 0.447. The molecule has 1 atom stereocenters. The molecule has 0 saturated heterocycles. The summed E-state index contributed by atoms with van der Waals surface area (Å²) in [4.78, 5) is 0. The van der Waals surface area contributed by atoms with Crippen molar-refractivity contribution in [3.63, 3.8) is 0 Å². The summed E-state index contributed by atoms with van der Waals surface area (Å²) in [7, 11) is 0. The third-order valence-corrected chi connectivity index (χ3v) is 3.32. The maximum absolute atomic E-state index is 12.3. The zero-order chi connectivity index (χ0) is 9.14. The monoisotopic (exact) mass is 298 g/mol. The molecule has 0 heterocycles. The highest BCUT2D eigenvalue weighted by Gasteiger charge is 2.06. The van der Waals surface area contributed by atoms with Crippen LogP contribution in [0.1, 0.15) is 18.4 Å². The van der Waals surface area contributed by atoms with E-state index in [9.17, 15) is 4.39 Å². The van der Waals surface area contributed by atoms with Crippen molar-refractivity contribution in [2.45, 2.75) is 12.8 Å². The van der Waals surface area contributed by atoms with Crippen molar-refractivity contribution in [3.8, 4) is 0 Å². The fraction of sp³-hybridized carbons (Fsp3) is 0.333. The normalized spacial score (nSPS) is 13.0. The Labute approximate surface area is 90.3 Å². The number of halogens is 3. The Morgan fingerprint density at radius 3 is 2.75 bits per heavy atom. The Morgan fingerprint density at radius 1 is 1.58 bits per heavy atom. The van der Waals surface area contributed by atoms with Crippen LogP contribution in [0.3, 0.4) is 0 Å². The van der Waals surface area contributed by atoms with Crippen molar-refractivity contribution in [1.82, 2.24) is 0 Å². The molecule has 1 aromatic rings. The smallest absolute Gasteiger partial charge is 0.0960 e. The van der Waals surface area contributed by atoms with Crippen molar-refractivity contribution in [2.75, 3.05) is 6.67 Å². The minimum Gasteiger partial charge on any atom is -0.250 e.